The van der Waals surface area contributed by atoms with Crippen LogP contribution in [0.5, 0.6) is 0 Å². The van der Waals surface area contributed by atoms with Crippen molar-refractivity contribution in [1.29, 1.82) is 0 Å². The van der Waals surface area contributed by atoms with E-state index in [1.807, 2.05) is 98.8 Å². The fraction of sp³-hybridized carbons (Fsp3) is 0.273. The van der Waals surface area contributed by atoms with Crippen LogP contribution in [0.25, 0.3) is 0 Å². The first-order chi connectivity index (χ1) is 20.4. The number of ether oxygens (including phenoxy) is 1. The maximum absolute atomic E-state index is 14.0. The van der Waals surface area contributed by atoms with Gasteiger partial charge >= 0.3 is 6.09 Å². The van der Waals surface area contributed by atoms with E-state index in [4.69, 9.17) is 4.74 Å². The summed E-state index contributed by atoms with van der Waals surface area (Å²) in [5.74, 6) is -0.590. The molecule has 3 N–H and O–H groups in total. The summed E-state index contributed by atoms with van der Waals surface area (Å²) in [7, 11) is 0. The highest BCUT2D eigenvalue weighted by Gasteiger charge is 2.29. The van der Waals surface area contributed by atoms with Crippen molar-refractivity contribution < 1.29 is 19.1 Å². The number of H-pyrrole nitrogens is 1. The minimum atomic E-state index is -0.992. The molecule has 0 aliphatic heterocycles. The number of alkyl carbamates (subject to hydrolysis) is 1. The first-order valence-corrected chi connectivity index (χ1v) is 14.0. The van der Waals surface area contributed by atoms with Crippen molar-refractivity contribution in [3.63, 3.8) is 0 Å². The Kier molecular flexibility index (Phi) is 10.9. The largest absolute Gasteiger partial charge is 0.445 e. The van der Waals surface area contributed by atoms with Crippen LogP contribution in [0.3, 0.4) is 0 Å². The van der Waals surface area contributed by atoms with Crippen LogP contribution in [0.4, 0.5) is 4.79 Å². The van der Waals surface area contributed by atoms with Crippen molar-refractivity contribution in [2.45, 2.75) is 45.4 Å². The Hall–Kier alpha value is -4.92. The third kappa shape index (κ3) is 9.05. The summed E-state index contributed by atoms with van der Waals surface area (Å²) in [5.41, 5.74) is 4.50. The van der Waals surface area contributed by atoms with Gasteiger partial charge in [-0.15, -0.1) is 0 Å². The second-order valence-corrected chi connectivity index (χ2v) is 10.3. The molecule has 0 saturated carbocycles. The molecule has 218 valence electrons. The van der Waals surface area contributed by atoms with Crippen molar-refractivity contribution in [1.82, 2.24) is 25.5 Å². The predicted molar refractivity (Wildman–Crippen MR) is 160 cm³/mol. The maximum Gasteiger partial charge on any atom is 0.408 e. The third-order valence-corrected chi connectivity index (χ3v) is 7.02. The number of carbonyl (C=O) groups is 3. The average Bonchev–Trinajstić information content (AvgIpc) is 3.53. The number of aromatic amines is 1. The lowest BCUT2D eigenvalue weighted by molar-refractivity contribution is -0.138. The highest BCUT2D eigenvalue weighted by Crippen LogP contribution is 2.15. The van der Waals surface area contributed by atoms with Crippen LogP contribution in [-0.4, -0.2) is 51.9 Å². The molecule has 0 radical (unpaired) electrons. The van der Waals surface area contributed by atoms with Gasteiger partial charge in [0.25, 0.3) is 0 Å². The number of carbonyl (C=O) groups excluding carboxylic acids is 3. The first kappa shape index (κ1) is 30.0. The molecule has 3 aromatic carbocycles. The molecule has 1 heterocycles. The molecule has 4 rings (SSSR count). The van der Waals surface area contributed by atoms with E-state index in [1.54, 1.807) is 6.20 Å². The standard InChI is InChI=1S/C33H37N5O4/c1-24-11-9-10-16-28(24)20-38(21-31(39)35-18-25(2)27-14-7-4-8-15-27)32(40)30(17-29-19-34-23-36-29)37-33(41)42-22-26-12-5-3-6-13-26/h3-16,19,23,25,30H,17-18,20-22H2,1-2H3,(H,34,36)(H,35,39)(H,37,41)/t25?,30-/m0/s1. The van der Waals surface area contributed by atoms with E-state index in [1.165, 1.54) is 11.2 Å². The molecule has 9 nitrogen and oxygen atoms in total. The Balaban J connectivity index is 1.49. The minimum absolute atomic E-state index is 0.0621. The number of hydrogen-bond donors (Lipinski definition) is 3. The lowest BCUT2D eigenvalue weighted by Gasteiger charge is -2.28. The first-order valence-electron chi connectivity index (χ1n) is 14.0. The van der Waals surface area contributed by atoms with Crippen LogP contribution in [0, 0.1) is 6.92 Å². The van der Waals surface area contributed by atoms with E-state index in [0.29, 0.717) is 12.2 Å². The molecule has 9 heteroatoms. The highest BCUT2D eigenvalue weighted by molar-refractivity contribution is 5.89. The summed E-state index contributed by atoms with van der Waals surface area (Å²) < 4.78 is 5.41. The summed E-state index contributed by atoms with van der Waals surface area (Å²) in [6.07, 6.45) is 2.53. The lowest BCUT2D eigenvalue weighted by Crippen LogP contribution is -2.52. The summed E-state index contributed by atoms with van der Waals surface area (Å²) in [6.45, 7) is 4.52. The highest BCUT2D eigenvalue weighted by atomic mass is 16.5. The van der Waals surface area contributed by atoms with Crippen LogP contribution in [0.1, 0.15) is 40.8 Å². The van der Waals surface area contributed by atoms with E-state index in [9.17, 15) is 14.4 Å². The molecule has 1 aromatic heterocycles. The zero-order chi connectivity index (χ0) is 29.7. The quantitative estimate of drug-likeness (QED) is 0.220. The van der Waals surface area contributed by atoms with Crippen LogP contribution in [0.2, 0.25) is 0 Å². The molecule has 1 unspecified atom stereocenters. The van der Waals surface area contributed by atoms with Crippen molar-refractivity contribution >= 4 is 17.9 Å². The number of benzene rings is 3. The van der Waals surface area contributed by atoms with Crippen LogP contribution >= 0.6 is 0 Å². The molecule has 42 heavy (non-hydrogen) atoms. The van der Waals surface area contributed by atoms with Gasteiger partial charge in [-0.1, -0.05) is 91.9 Å². The van der Waals surface area contributed by atoms with Crippen molar-refractivity contribution in [2.75, 3.05) is 13.1 Å². The number of hydrogen-bond acceptors (Lipinski definition) is 5. The molecule has 3 amide bonds. The summed E-state index contributed by atoms with van der Waals surface area (Å²) in [6, 6.07) is 25.9. The normalized spacial score (nSPS) is 12.1. The number of amides is 3. The SMILES string of the molecule is Cc1ccccc1CN(CC(=O)NCC(C)c1ccccc1)C(=O)[C@H](Cc1cnc[nH]1)NC(=O)OCc1ccccc1. The van der Waals surface area contributed by atoms with Gasteiger partial charge in [-0.05, 0) is 35.1 Å². The Morgan fingerprint density at radius 1 is 0.952 bits per heavy atom. The smallest absolute Gasteiger partial charge is 0.408 e. The molecule has 0 fully saturated rings. The molecular formula is C33H37N5O4. The minimum Gasteiger partial charge on any atom is -0.445 e. The van der Waals surface area contributed by atoms with Gasteiger partial charge in [0, 0.05) is 31.4 Å². The average molecular weight is 568 g/mol. The van der Waals surface area contributed by atoms with Gasteiger partial charge in [0.05, 0.1) is 12.9 Å². The van der Waals surface area contributed by atoms with Crippen LogP contribution < -0.4 is 10.6 Å². The van der Waals surface area contributed by atoms with E-state index >= 15 is 0 Å². The zero-order valence-corrected chi connectivity index (χ0v) is 24.0. The number of nitrogens with one attached hydrogen (secondary N) is 3. The molecule has 0 spiro atoms. The van der Waals surface area contributed by atoms with Crippen molar-refractivity contribution in [3.05, 3.63) is 125 Å². The second kappa shape index (κ2) is 15.2. The summed E-state index contributed by atoms with van der Waals surface area (Å²) in [4.78, 5) is 48.5. The van der Waals surface area contributed by atoms with Crippen LogP contribution in [0.15, 0.2) is 97.5 Å². The number of rotatable bonds is 13. The molecule has 0 aliphatic carbocycles. The molecular weight excluding hydrogens is 530 g/mol. The molecule has 2 atom stereocenters. The Labute approximate surface area is 246 Å². The van der Waals surface area contributed by atoms with Gasteiger partial charge in [0.2, 0.25) is 11.8 Å². The number of aromatic nitrogens is 2. The summed E-state index contributed by atoms with van der Waals surface area (Å²) >= 11 is 0. The number of imidazole rings is 1. The van der Waals surface area contributed by atoms with Gasteiger partial charge in [-0.25, -0.2) is 9.78 Å². The predicted octanol–water partition coefficient (Wildman–Crippen LogP) is 4.50. The van der Waals surface area contributed by atoms with Crippen molar-refractivity contribution in [3.8, 4) is 0 Å². The van der Waals surface area contributed by atoms with Gasteiger partial charge in [-0.3, -0.25) is 9.59 Å². The number of aryl methyl sites for hydroxylation is 1. The van der Waals surface area contributed by atoms with E-state index < -0.39 is 18.0 Å². The van der Waals surface area contributed by atoms with Gasteiger partial charge < -0.3 is 25.3 Å². The van der Waals surface area contributed by atoms with E-state index in [0.717, 1.165) is 22.3 Å². The lowest BCUT2D eigenvalue weighted by atomic mass is 10.0. The van der Waals surface area contributed by atoms with Gasteiger partial charge in [0.1, 0.15) is 12.6 Å². The van der Waals surface area contributed by atoms with Gasteiger partial charge in [-0.2, -0.15) is 0 Å². The Morgan fingerprint density at radius 2 is 1.64 bits per heavy atom. The Morgan fingerprint density at radius 3 is 2.33 bits per heavy atom. The fourth-order valence-corrected chi connectivity index (χ4v) is 4.54. The monoisotopic (exact) mass is 567 g/mol. The topological polar surface area (TPSA) is 116 Å². The summed E-state index contributed by atoms with van der Waals surface area (Å²) in [5, 5.41) is 5.69. The van der Waals surface area contributed by atoms with Crippen LogP contribution in [-0.2, 0) is 33.9 Å². The zero-order valence-electron chi connectivity index (χ0n) is 24.0. The van der Waals surface area contributed by atoms with E-state index in [2.05, 4.69) is 20.6 Å². The Bertz CT molecular complexity index is 1430. The second-order valence-electron chi connectivity index (χ2n) is 10.3. The van der Waals surface area contributed by atoms with Gasteiger partial charge in [0.15, 0.2) is 0 Å². The van der Waals surface area contributed by atoms with Crippen molar-refractivity contribution in [2.24, 2.45) is 0 Å². The maximum atomic E-state index is 14.0. The number of nitrogens with zero attached hydrogens (tertiary/aromatic N) is 2. The molecule has 4 aromatic rings. The molecule has 0 aliphatic rings. The fourth-order valence-electron chi connectivity index (χ4n) is 4.54. The third-order valence-electron chi connectivity index (χ3n) is 7.02. The molecule has 0 saturated heterocycles. The molecule has 0 bridgehead atoms. The van der Waals surface area contributed by atoms with E-state index in [-0.39, 0.29) is 37.9 Å².